The molecule has 0 heterocycles. The minimum Gasteiger partial charge on any atom is -0.389 e. The zero-order chi connectivity index (χ0) is 12.7. The number of hydrogen-bond donors (Lipinski definition) is 3. The topological polar surface area (TPSA) is 70.6 Å². The maximum atomic E-state index is 12.6. The normalized spacial score (nSPS) is 11.9. The van der Waals surface area contributed by atoms with Crippen LogP contribution in [0.15, 0.2) is 24.3 Å². The number of hydrogen-bond acceptors (Lipinski definition) is 3. The third-order valence-electron chi connectivity index (χ3n) is 1.96. The number of ether oxygens (including phenoxy) is 1. The highest BCUT2D eigenvalue weighted by Gasteiger charge is 2.06. The maximum absolute atomic E-state index is 12.6. The first-order chi connectivity index (χ1) is 8.11. The number of aliphatic hydroxyl groups excluding tert-OH is 1. The lowest BCUT2D eigenvalue weighted by atomic mass is 10.3. The molecule has 0 aliphatic rings. The van der Waals surface area contributed by atoms with Gasteiger partial charge >= 0.3 is 6.03 Å². The molecule has 0 aliphatic heterocycles. The highest BCUT2D eigenvalue weighted by atomic mass is 19.1. The third-order valence-corrected chi connectivity index (χ3v) is 1.96. The monoisotopic (exact) mass is 242 g/mol. The lowest BCUT2D eigenvalue weighted by molar-refractivity contribution is 0.0663. The van der Waals surface area contributed by atoms with Crippen molar-refractivity contribution >= 4 is 11.7 Å². The van der Waals surface area contributed by atoms with E-state index in [9.17, 15) is 14.3 Å². The van der Waals surface area contributed by atoms with Crippen molar-refractivity contribution in [1.29, 1.82) is 0 Å². The molecule has 17 heavy (non-hydrogen) atoms. The molecule has 0 radical (unpaired) electrons. The number of halogens is 1. The minimum atomic E-state index is -0.751. The van der Waals surface area contributed by atoms with E-state index in [-0.39, 0.29) is 19.0 Å². The second-order valence-corrected chi connectivity index (χ2v) is 3.45. The van der Waals surface area contributed by atoms with E-state index in [1.807, 2.05) is 0 Å². The van der Waals surface area contributed by atoms with Gasteiger partial charge in [-0.25, -0.2) is 9.18 Å². The summed E-state index contributed by atoms with van der Waals surface area (Å²) in [6, 6.07) is 4.91. The van der Waals surface area contributed by atoms with Crippen molar-refractivity contribution in [2.45, 2.75) is 6.10 Å². The van der Waals surface area contributed by atoms with Crippen molar-refractivity contribution in [1.82, 2.24) is 5.32 Å². The van der Waals surface area contributed by atoms with Gasteiger partial charge in [0.25, 0.3) is 0 Å². The van der Waals surface area contributed by atoms with Crippen LogP contribution < -0.4 is 10.6 Å². The van der Waals surface area contributed by atoms with Gasteiger partial charge in [-0.3, -0.25) is 0 Å². The number of urea groups is 1. The fourth-order valence-corrected chi connectivity index (χ4v) is 1.17. The quantitative estimate of drug-likeness (QED) is 0.720. The Hall–Kier alpha value is -1.66. The Balaban J connectivity index is 2.32. The summed E-state index contributed by atoms with van der Waals surface area (Å²) in [6.07, 6.45) is -0.751. The molecule has 94 valence electrons. The van der Waals surface area contributed by atoms with E-state index in [0.717, 1.165) is 0 Å². The van der Waals surface area contributed by atoms with Gasteiger partial charge in [0.1, 0.15) is 5.82 Å². The van der Waals surface area contributed by atoms with Crippen molar-refractivity contribution in [3.63, 3.8) is 0 Å². The van der Waals surface area contributed by atoms with Crippen molar-refractivity contribution in [3.8, 4) is 0 Å². The number of aliphatic hydroxyl groups is 1. The highest BCUT2D eigenvalue weighted by molar-refractivity contribution is 5.89. The zero-order valence-corrected chi connectivity index (χ0v) is 9.44. The Bertz CT molecular complexity index is 356. The number of benzene rings is 1. The molecule has 5 nitrogen and oxygen atoms in total. The largest absolute Gasteiger partial charge is 0.389 e. The lowest BCUT2D eigenvalue weighted by Gasteiger charge is -2.11. The van der Waals surface area contributed by atoms with Gasteiger partial charge in [0, 0.05) is 19.3 Å². The lowest BCUT2D eigenvalue weighted by Crippen LogP contribution is -2.36. The summed E-state index contributed by atoms with van der Waals surface area (Å²) in [6.45, 7) is 0.234. The highest BCUT2D eigenvalue weighted by Crippen LogP contribution is 2.07. The van der Waals surface area contributed by atoms with Gasteiger partial charge in [-0.15, -0.1) is 0 Å². The summed E-state index contributed by atoms with van der Waals surface area (Å²) < 4.78 is 17.3. The average molecular weight is 242 g/mol. The van der Waals surface area contributed by atoms with Crippen molar-refractivity contribution < 1.29 is 19.0 Å². The predicted octanol–water partition coefficient (Wildman–Crippen LogP) is 0.954. The van der Waals surface area contributed by atoms with Gasteiger partial charge in [-0.2, -0.15) is 0 Å². The Morgan fingerprint density at radius 3 is 2.71 bits per heavy atom. The van der Waals surface area contributed by atoms with E-state index in [1.165, 1.54) is 31.4 Å². The molecule has 0 aromatic heterocycles. The number of carbonyl (C=O) groups excluding carboxylic acids is 1. The standard InChI is InChI=1S/C11H15FN2O3/c1-17-7-10(15)6-13-11(16)14-9-4-2-8(12)3-5-9/h2-5,10,15H,6-7H2,1H3,(H2,13,14,16). The maximum Gasteiger partial charge on any atom is 0.319 e. The van der Waals surface area contributed by atoms with Crippen LogP contribution in [-0.2, 0) is 4.74 Å². The van der Waals surface area contributed by atoms with Gasteiger partial charge in [0.2, 0.25) is 0 Å². The molecule has 0 aliphatic carbocycles. The third kappa shape index (κ3) is 5.28. The number of anilines is 1. The number of carbonyl (C=O) groups is 1. The van der Waals surface area contributed by atoms with Crippen LogP contribution >= 0.6 is 0 Å². The summed E-state index contributed by atoms with van der Waals surface area (Å²) in [7, 11) is 1.46. The molecule has 2 amide bonds. The molecule has 0 saturated heterocycles. The first-order valence-corrected chi connectivity index (χ1v) is 5.09. The summed E-state index contributed by atoms with van der Waals surface area (Å²) in [5.41, 5.74) is 0.477. The van der Waals surface area contributed by atoms with Gasteiger partial charge in [-0.1, -0.05) is 0 Å². The van der Waals surface area contributed by atoms with Crippen molar-refractivity contribution in [3.05, 3.63) is 30.1 Å². The second kappa shape index (κ2) is 6.82. The van der Waals surface area contributed by atoms with Crippen LogP contribution in [0.25, 0.3) is 0 Å². The smallest absolute Gasteiger partial charge is 0.319 e. The predicted molar refractivity (Wildman–Crippen MR) is 61.3 cm³/mol. The Labute approximate surface area is 98.6 Å². The molecule has 1 aromatic carbocycles. The number of nitrogens with one attached hydrogen (secondary N) is 2. The SMILES string of the molecule is COCC(O)CNC(=O)Nc1ccc(F)cc1. The van der Waals surface area contributed by atoms with Gasteiger partial charge in [-0.05, 0) is 24.3 Å². The van der Waals surface area contributed by atoms with Crippen LogP contribution in [0, 0.1) is 5.82 Å². The van der Waals surface area contributed by atoms with Crippen LogP contribution in [0.5, 0.6) is 0 Å². The molecule has 1 atom stereocenters. The van der Waals surface area contributed by atoms with E-state index >= 15 is 0 Å². The molecule has 0 fully saturated rings. The van der Waals surface area contributed by atoms with Crippen LogP contribution in [0.4, 0.5) is 14.9 Å². The van der Waals surface area contributed by atoms with Gasteiger partial charge in [0.05, 0.1) is 12.7 Å². The van der Waals surface area contributed by atoms with E-state index < -0.39 is 12.1 Å². The second-order valence-electron chi connectivity index (χ2n) is 3.45. The molecule has 1 rings (SSSR count). The first kappa shape index (κ1) is 13.4. The van der Waals surface area contributed by atoms with Crippen molar-refractivity contribution in [2.75, 3.05) is 25.6 Å². The first-order valence-electron chi connectivity index (χ1n) is 5.09. The van der Waals surface area contributed by atoms with E-state index in [1.54, 1.807) is 0 Å². The molecule has 1 aromatic rings. The molecule has 0 bridgehead atoms. The Morgan fingerprint density at radius 1 is 1.47 bits per heavy atom. The summed E-state index contributed by atoms with van der Waals surface area (Å²) in [5, 5.41) is 14.2. The van der Waals surface area contributed by atoms with E-state index in [4.69, 9.17) is 4.74 Å². The minimum absolute atomic E-state index is 0.0842. The van der Waals surface area contributed by atoms with E-state index in [0.29, 0.717) is 5.69 Å². The zero-order valence-electron chi connectivity index (χ0n) is 9.44. The molecular formula is C11H15FN2O3. The fourth-order valence-electron chi connectivity index (χ4n) is 1.17. The number of methoxy groups -OCH3 is 1. The van der Waals surface area contributed by atoms with Crippen LogP contribution in [0.3, 0.4) is 0 Å². The fraction of sp³-hybridized carbons (Fsp3) is 0.364. The number of rotatable bonds is 5. The number of amides is 2. The Morgan fingerprint density at radius 2 is 2.12 bits per heavy atom. The summed E-state index contributed by atoms with van der Waals surface area (Å²) in [4.78, 5) is 11.3. The summed E-state index contributed by atoms with van der Waals surface area (Å²) in [5.74, 6) is -0.369. The molecule has 6 heteroatoms. The Kier molecular flexibility index (Phi) is 5.38. The van der Waals surface area contributed by atoms with E-state index in [2.05, 4.69) is 10.6 Å². The van der Waals surface area contributed by atoms with Gasteiger partial charge in [0.15, 0.2) is 0 Å². The average Bonchev–Trinajstić information content (AvgIpc) is 2.30. The van der Waals surface area contributed by atoms with Crippen LogP contribution in [0.2, 0.25) is 0 Å². The van der Waals surface area contributed by atoms with Crippen molar-refractivity contribution in [2.24, 2.45) is 0 Å². The van der Waals surface area contributed by atoms with Crippen LogP contribution in [-0.4, -0.2) is 37.5 Å². The molecule has 0 spiro atoms. The molecule has 0 saturated carbocycles. The van der Waals surface area contributed by atoms with Gasteiger partial charge < -0.3 is 20.5 Å². The molecular weight excluding hydrogens is 227 g/mol. The summed E-state index contributed by atoms with van der Waals surface area (Å²) >= 11 is 0. The van der Waals surface area contributed by atoms with Crippen LogP contribution in [0.1, 0.15) is 0 Å². The molecule has 1 unspecified atom stereocenters. The molecule has 3 N–H and O–H groups in total.